The van der Waals surface area contributed by atoms with E-state index in [0.29, 0.717) is 28.8 Å². The standard InChI is InChI=1S/C20H24Cl2N2O3/c1-23(19(25)14-4-5-15(21)16(22)12-14)17-6-7-20(26-10-11-27-20)13-18(17)24-8-2-3-9-24/h2-5,12,17-18H,6-11,13H2,1H3. The molecule has 7 heteroatoms. The molecule has 5 nitrogen and oxygen atoms in total. The van der Waals surface area contributed by atoms with E-state index in [1.165, 1.54) is 0 Å². The summed E-state index contributed by atoms with van der Waals surface area (Å²) in [5, 5.41) is 0.846. The van der Waals surface area contributed by atoms with Crippen LogP contribution >= 0.6 is 23.2 Å². The molecule has 2 unspecified atom stereocenters. The first-order chi connectivity index (χ1) is 13.0. The Bertz CT molecular complexity index is 741. The predicted molar refractivity (Wildman–Crippen MR) is 105 cm³/mol. The van der Waals surface area contributed by atoms with Crippen LogP contribution in [-0.4, -0.2) is 66.9 Å². The highest BCUT2D eigenvalue weighted by Gasteiger charge is 2.48. The highest BCUT2D eigenvalue weighted by atomic mass is 35.5. The van der Waals surface area contributed by atoms with Gasteiger partial charge in [-0.15, -0.1) is 0 Å². The van der Waals surface area contributed by atoms with E-state index in [1.807, 2.05) is 11.9 Å². The number of halogens is 2. The van der Waals surface area contributed by atoms with Gasteiger partial charge in [0, 0.05) is 50.6 Å². The molecule has 1 aromatic carbocycles. The Morgan fingerprint density at radius 3 is 2.56 bits per heavy atom. The second-order valence-electron chi connectivity index (χ2n) is 7.46. The van der Waals surface area contributed by atoms with Crippen molar-refractivity contribution in [1.82, 2.24) is 9.80 Å². The molecule has 146 valence electrons. The number of carbonyl (C=O) groups is 1. The van der Waals surface area contributed by atoms with Gasteiger partial charge in [-0.05, 0) is 24.6 Å². The van der Waals surface area contributed by atoms with Crippen LogP contribution in [0.25, 0.3) is 0 Å². The van der Waals surface area contributed by atoms with Crippen molar-refractivity contribution in [3.8, 4) is 0 Å². The number of likely N-dealkylation sites (N-methyl/N-ethyl adjacent to an activating group) is 1. The van der Waals surface area contributed by atoms with E-state index >= 15 is 0 Å². The van der Waals surface area contributed by atoms with Gasteiger partial charge in [-0.1, -0.05) is 35.4 Å². The fourth-order valence-corrected chi connectivity index (χ4v) is 4.75. The van der Waals surface area contributed by atoms with Crippen molar-refractivity contribution in [3.63, 3.8) is 0 Å². The van der Waals surface area contributed by atoms with Crippen LogP contribution < -0.4 is 0 Å². The van der Waals surface area contributed by atoms with E-state index in [1.54, 1.807) is 18.2 Å². The largest absolute Gasteiger partial charge is 0.347 e. The fraction of sp³-hybridized carbons (Fsp3) is 0.550. The molecule has 2 aliphatic heterocycles. The van der Waals surface area contributed by atoms with E-state index in [4.69, 9.17) is 32.7 Å². The number of hydrogen-bond acceptors (Lipinski definition) is 4. The molecular formula is C20H24Cl2N2O3. The summed E-state index contributed by atoms with van der Waals surface area (Å²) < 4.78 is 11.9. The third kappa shape index (κ3) is 3.76. The number of nitrogens with zero attached hydrogens (tertiary/aromatic N) is 2. The van der Waals surface area contributed by atoms with Crippen LogP contribution in [-0.2, 0) is 9.47 Å². The number of benzene rings is 1. The van der Waals surface area contributed by atoms with Gasteiger partial charge in [0.2, 0.25) is 0 Å². The molecule has 1 aliphatic carbocycles. The van der Waals surface area contributed by atoms with Gasteiger partial charge in [-0.2, -0.15) is 0 Å². The van der Waals surface area contributed by atoms with E-state index in [9.17, 15) is 4.79 Å². The van der Waals surface area contributed by atoms with Crippen LogP contribution in [0.3, 0.4) is 0 Å². The van der Waals surface area contributed by atoms with Crippen LogP contribution in [0, 0.1) is 0 Å². The minimum atomic E-state index is -0.489. The summed E-state index contributed by atoms with van der Waals surface area (Å²) in [6.07, 6.45) is 6.77. The van der Waals surface area contributed by atoms with Gasteiger partial charge in [-0.3, -0.25) is 9.69 Å². The Balaban J connectivity index is 1.55. The second-order valence-corrected chi connectivity index (χ2v) is 8.27. The molecule has 2 atom stereocenters. The third-order valence-electron chi connectivity index (χ3n) is 5.90. The lowest BCUT2D eigenvalue weighted by Crippen LogP contribution is -2.58. The lowest BCUT2D eigenvalue weighted by atomic mass is 9.83. The number of amides is 1. The van der Waals surface area contributed by atoms with Gasteiger partial charge in [0.1, 0.15) is 0 Å². The first-order valence-electron chi connectivity index (χ1n) is 9.38. The van der Waals surface area contributed by atoms with Crippen LogP contribution in [0.2, 0.25) is 10.0 Å². The van der Waals surface area contributed by atoms with E-state index in [2.05, 4.69) is 17.1 Å². The van der Waals surface area contributed by atoms with Crippen LogP contribution in [0.1, 0.15) is 29.6 Å². The minimum absolute atomic E-state index is 0.0417. The maximum atomic E-state index is 13.1. The van der Waals surface area contributed by atoms with Gasteiger partial charge in [0.05, 0.1) is 23.3 Å². The number of ether oxygens (including phenoxy) is 2. The quantitative estimate of drug-likeness (QED) is 0.713. The lowest BCUT2D eigenvalue weighted by molar-refractivity contribution is -0.196. The maximum Gasteiger partial charge on any atom is 0.253 e. The van der Waals surface area contributed by atoms with Crippen LogP contribution in [0.4, 0.5) is 0 Å². The Morgan fingerprint density at radius 1 is 1.19 bits per heavy atom. The Hall–Kier alpha value is -1.11. The lowest BCUT2D eigenvalue weighted by Gasteiger charge is -2.47. The Morgan fingerprint density at radius 2 is 1.89 bits per heavy atom. The first kappa shape index (κ1) is 19.2. The molecule has 1 saturated heterocycles. The summed E-state index contributed by atoms with van der Waals surface area (Å²) in [7, 11) is 1.88. The number of hydrogen-bond donors (Lipinski definition) is 0. The molecule has 27 heavy (non-hydrogen) atoms. The molecular weight excluding hydrogens is 387 g/mol. The van der Waals surface area contributed by atoms with Crippen molar-refractivity contribution in [2.24, 2.45) is 0 Å². The van der Waals surface area contributed by atoms with Gasteiger partial charge in [0.15, 0.2) is 5.79 Å². The molecule has 1 amide bonds. The van der Waals surface area contributed by atoms with Gasteiger partial charge in [0.25, 0.3) is 5.91 Å². The van der Waals surface area contributed by atoms with Gasteiger partial charge in [-0.25, -0.2) is 0 Å². The summed E-state index contributed by atoms with van der Waals surface area (Å²) in [6, 6.07) is 5.31. The highest BCUT2D eigenvalue weighted by Crippen LogP contribution is 2.40. The average Bonchev–Trinajstić information content (AvgIpc) is 3.35. The van der Waals surface area contributed by atoms with Crippen LogP contribution in [0.15, 0.2) is 30.4 Å². The summed E-state index contributed by atoms with van der Waals surface area (Å²) in [5.74, 6) is -0.531. The van der Waals surface area contributed by atoms with Gasteiger partial charge >= 0.3 is 0 Å². The van der Waals surface area contributed by atoms with Crippen molar-refractivity contribution >= 4 is 29.1 Å². The topological polar surface area (TPSA) is 42.0 Å². The van der Waals surface area contributed by atoms with Gasteiger partial charge < -0.3 is 14.4 Å². The molecule has 0 radical (unpaired) electrons. The number of rotatable bonds is 3. The van der Waals surface area contributed by atoms with Crippen molar-refractivity contribution in [2.45, 2.75) is 37.1 Å². The fourth-order valence-electron chi connectivity index (χ4n) is 4.45. The predicted octanol–water partition coefficient (Wildman–Crippen LogP) is 3.60. The average molecular weight is 411 g/mol. The zero-order chi connectivity index (χ0) is 19.0. The molecule has 2 heterocycles. The molecule has 0 bridgehead atoms. The molecule has 0 N–H and O–H groups in total. The zero-order valence-electron chi connectivity index (χ0n) is 15.4. The molecule has 2 fully saturated rings. The van der Waals surface area contributed by atoms with Crippen molar-refractivity contribution in [1.29, 1.82) is 0 Å². The number of carbonyl (C=O) groups excluding carboxylic acids is 1. The summed E-state index contributed by atoms with van der Waals surface area (Å²) in [4.78, 5) is 17.4. The normalized spacial score (nSPS) is 27.4. The highest BCUT2D eigenvalue weighted by molar-refractivity contribution is 6.42. The van der Waals surface area contributed by atoms with E-state index < -0.39 is 5.79 Å². The zero-order valence-corrected chi connectivity index (χ0v) is 16.9. The van der Waals surface area contributed by atoms with Crippen molar-refractivity contribution < 1.29 is 14.3 Å². The van der Waals surface area contributed by atoms with E-state index in [-0.39, 0.29) is 18.0 Å². The SMILES string of the molecule is CN(C(=O)c1ccc(Cl)c(Cl)c1)C1CCC2(CC1N1CC=CC1)OCCO2. The molecule has 1 aromatic rings. The molecule has 0 aromatic heterocycles. The first-order valence-corrected chi connectivity index (χ1v) is 10.1. The minimum Gasteiger partial charge on any atom is -0.347 e. The smallest absolute Gasteiger partial charge is 0.253 e. The van der Waals surface area contributed by atoms with Crippen LogP contribution in [0.5, 0.6) is 0 Å². The summed E-state index contributed by atoms with van der Waals surface area (Å²) >= 11 is 12.1. The van der Waals surface area contributed by atoms with Crippen molar-refractivity contribution in [2.75, 3.05) is 33.4 Å². The van der Waals surface area contributed by atoms with E-state index in [0.717, 1.165) is 32.4 Å². The molecule has 3 aliphatic rings. The second kappa shape index (κ2) is 7.72. The van der Waals surface area contributed by atoms with Crippen molar-refractivity contribution in [3.05, 3.63) is 46.0 Å². The molecule has 1 saturated carbocycles. The molecule has 1 spiro atoms. The monoisotopic (exact) mass is 410 g/mol. The summed E-state index contributed by atoms with van der Waals surface area (Å²) in [5.41, 5.74) is 0.554. The third-order valence-corrected chi connectivity index (χ3v) is 6.64. The maximum absolute atomic E-state index is 13.1. The molecule has 4 rings (SSSR count). The Kier molecular flexibility index (Phi) is 5.50. The summed E-state index contributed by atoms with van der Waals surface area (Å²) in [6.45, 7) is 3.08. The Labute approximate surface area is 169 Å².